The van der Waals surface area contributed by atoms with Gasteiger partial charge in [0.15, 0.2) is 6.29 Å². The van der Waals surface area contributed by atoms with Gasteiger partial charge in [-0.15, -0.1) is 0 Å². The highest BCUT2D eigenvalue weighted by atomic mass is 16.7. The van der Waals surface area contributed by atoms with Gasteiger partial charge in [-0.25, -0.2) is 0 Å². The lowest BCUT2D eigenvalue weighted by atomic mass is 9.99. The first-order valence-electron chi connectivity index (χ1n) is 39.2. The van der Waals surface area contributed by atoms with Crippen LogP contribution >= 0.6 is 0 Å². The number of ether oxygens (including phenoxy) is 3. The Morgan fingerprint density at radius 1 is 0.402 bits per heavy atom. The number of hydrogen-bond donors (Lipinski definition) is 6. The zero-order valence-corrected chi connectivity index (χ0v) is 59.8. The van der Waals surface area contributed by atoms with E-state index in [0.29, 0.717) is 19.4 Å². The van der Waals surface area contributed by atoms with Crippen molar-refractivity contribution in [2.45, 2.75) is 410 Å². The number of unbranched alkanes of at least 4 members (excludes halogenated alkanes) is 45. The van der Waals surface area contributed by atoms with Gasteiger partial charge < -0.3 is 45.1 Å². The van der Waals surface area contributed by atoms with Crippen LogP contribution in [-0.4, -0.2) is 100 Å². The maximum Gasteiger partial charge on any atom is 0.305 e. The van der Waals surface area contributed by atoms with Crippen molar-refractivity contribution in [2.24, 2.45) is 0 Å². The van der Waals surface area contributed by atoms with Gasteiger partial charge in [-0.1, -0.05) is 311 Å². The van der Waals surface area contributed by atoms with E-state index in [1.807, 2.05) is 6.08 Å². The molecule has 11 heteroatoms. The molecule has 0 saturated carbocycles. The van der Waals surface area contributed by atoms with Gasteiger partial charge in [0.05, 0.1) is 32.0 Å². The molecule has 1 rings (SSSR count). The summed E-state index contributed by atoms with van der Waals surface area (Å²) in [6.45, 7) is 4.32. The highest BCUT2D eigenvalue weighted by Gasteiger charge is 2.44. The summed E-state index contributed by atoms with van der Waals surface area (Å²) in [6, 6.07) is -0.834. The molecule has 536 valence electrons. The fraction of sp³-hybridized carbons (Fsp3) is 0.827. The zero-order valence-electron chi connectivity index (χ0n) is 59.8. The molecule has 0 aromatic rings. The number of carbonyl (C=O) groups is 2. The Labute approximate surface area is 566 Å². The Hall–Kier alpha value is -2.90. The molecule has 1 aliphatic rings. The maximum atomic E-state index is 13.1. The number of amides is 1. The smallest absolute Gasteiger partial charge is 0.305 e. The number of hydrogen-bond acceptors (Lipinski definition) is 10. The molecular formula is C81H147NO10. The Morgan fingerprint density at radius 2 is 0.739 bits per heavy atom. The summed E-state index contributed by atoms with van der Waals surface area (Å²) < 4.78 is 16.7. The first-order chi connectivity index (χ1) is 45.2. The molecule has 1 heterocycles. The molecule has 7 unspecified atom stereocenters. The lowest BCUT2D eigenvalue weighted by Crippen LogP contribution is -2.60. The number of carbonyl (C=O) groups excluding carboxylic acids is 2. The van der Waals surface area contributed by atoms with Crippen LogP contribution in [0, 0.1) is 0 Å². The monoisotopic (exact) mass is 1290 g/mol. The molecule has 7 atom stereocenters. The summed E-state index contributed by atoms with van der Waals surface area (Å²) in [6.07, 6.45) is 84.9. The van der Waals surface area contributed by atoms with E-state index in [1.54, 1.807) is 6.08 Å². The summed E-state index contributed by atoms with van der Waals surface area (Å²) in [5, 5.41) is 54.6. The molecule has 0 spiro atoms. The number of aliphatic hydroxyl groups excluding tert-OH is 5. The van der Waals surface area contributed by atoms with E-state index in [4.69, 9.17) is 14.2 Å². The van der Waals surface area contributed by atoms with Gasteiger partial charge in [-0.05, 0) is 116 Å². The van der Waals surface area contributed by atoms with Crippen LogP contribution in [0.5, 0.6) is 0 Å². The molecule has 11 nitrogen and oxygen atoms in total. The minimum absolute atomic E-state index is 0.00201. The molecule has 0 aromatic heterocycles. The van der Waals surface area contributed by atoms with Crippen molar-refractivity contribution < 1.29 is 49.3 Å². The molecule has 1 saturated heterocycles. The number of rotatable bonds is 69. The predicted molar refractivity (Wildman–Crippen MR) is 389 cm³/mol. The quantitative estimate of drug-likeness (QED) is 0.0195. The van der Waals surface area contributed by atoms with E-state index in [-0.39, 0.29) is 18.5 Å². The van der Waals surface area contributed by atoms with Crippen LogP contribution in [0.3, 0.4) is 0 Å². The lowest BCUT2D eigenvalue weighted by molar-refractivity contribution is -0.302. The van der Waals surface area contributed by atoms with E-state index < -0.39 is 49.5 Å². The second-order valence-corrected chi connectivity index (χ2v) is 27.0. The topological polar surface area (TPSA) is 175 Å². The van der Waals surface area contributed by atoms with Crippen LogP contribution in [0.4, 0.5) is 0 Å². The second-order valence-electron chi connectivity index (χ2n) is 27.0. The zero-order chi connectivity index (χ0) is 66.5. The van der Waals surface area contributed by atoms with Crippen LogP contribution in [0.25, 0.3) is 0 Å². The summed E-state index contributed by atoms with van der Waals surface area (Å²) in [5.41, 5.74) is 0. The van der Waals surface area contributed by atoms with Gasteiger partial charge in [-0.2, -0.15) is 0 Å². The highest BCUT2D eigenvalue weighted by molar-refractivity contribution is 5.76. The average molecular weight is 1300 g/mol. The molecule has 92 heavy (non-hydrogen) atoms. The Kier molecular flexibility index (Phi) is 65.8. The van der Waals surface area contributed by atoms with Gasteiger partial charge in [0, 0.05) is 12.8 Å². The number of nitrogens with one attached hydrogen (secondary N) is 1. The molecule has 1 aliphatic heterocycles. The minimum Gasteiger partial charge on any atom is -0.466 e. The summed E-state index contributed by atoms with van der Waals surface area (Å²) in [5.74, 6) is -0.191. The standard InChI is InChI=1S/C81H147NO10/c1-3-5-7-9-11-13-15-17-41-44-47-51-55-59-63-67-74(84)73(72-91-81-80(89)79(88)78(87)75(71-83)92-81)82-76(85)68-64-60-56-52-48-45-42-39-37-35-33-31-29-27-25-23-21-19-18-20-22-24-26-28-30-32-34-36-38-40-43-46-50-54-58-62-66-70-90-77(86)69-65-61-57-53-49-16-14-12-10-8-6-4-2/h12,14-15,17-18,20,24,26,47,51,63,67,73-75,78-81,83-84,87-89H,3-11,13,16,19,21-23,25,27-46,48-50,52-62,64-66,68-72H2,1-2H3,(H,82,85)/b14-12-,17-15+,20-18-,26-24-,51-47+,67-63+. The third kappa shape index (κ3) is 57.4. The SMILES string of the molecule is CCCCC/C=C\CCCCCCCC(=O)OCCCCCCCCCCCCCCC/C=C\C/C=C\CCCCCCCCCCCCCCCCCCCC(=O)NC(COC1OC(CO)C(O)C(O)C1O)C(O)/C=C/CC/C=C/CC/C=C/CCCCCCC. The van der Waals surface area contributed by atoms with Gasteiger partial charge in [-0.3, -0.25) is 9.59 Å². The predicted octanol–water partition coefficient (Wildman–Crippen LogP) is 21.0. The first-order valence-corrected chi connectivity index (χ1v) is 39.2. The number of aliphatic hydroxyl groups is 5. The van der Waals surface area contributed by atoms with E-state index in [1.165, 1.54) is 263 Å². The third-order valence-electron chi connectivity index (χ3n) is 18.2. The molecule has 6 N–H and O–H groups in total. The van der Waals surface area contributed by atoms with E-state index in [0.717, 1.165) is 77.0 Å². The van der Waals surface area contributed by atoms with Crippen molar-refractivity contribution in [3.8, 4) is 0 Å². The average Bonchev–Trinajstić information content (AvgIpc) is 0.995. The molecule has 0 bridgehead atoms. The van der Waals surface area contributed by atoms with E-state index >= 15 is 0 Å². The molecule has 0 radical (unpaired) electrons. The minimum atomic E-state index is -1.58. The van der Waals surface area contributed by atoms with Crippen LogP contribution in [-0.2, 0) is 23.8 Å². The Bertz CT molecular complexity index is 1760. The second kappa shape index (κ2) is 69.5. The Morgan fingerprint density at radius 3 is 1.16 bits per heavy atom. The van der Waals surface area contributed by atoms with Crippen molar-refractivity contribution in [1.29, 1.82) is 0 Å². The fourth-order valence-corrected chi connectivity index (χ4v) is 12.1. The molecule has 0 aromatic carbocycles. The van der Waals surface area contributed by atoms with Crippen molar-refractivity contribution >= 4 is 11.9 Å². The summed E-state index contributed by atoms with van der Waals surface area (Å²) in [4.78, 5) is 25.1. The molecule has 0 aliphatic carbocycles. The van der Waals surface area contributed by atoms with Crippen molar-refractivity contribution in [1.82, 2.24) is 5.32 Å². The van der Waals surface area contributed by atoms with Crippen LogP contribution in [0.1, 0.15) is 367 Å². The van der Waals surface area contributed by atoms with Gasteiger partial charge in [0.2, 0.25) is 5.91 Å². The van der Waals surface area contributed by atoms with Crippen LogP contribution in [0.2, 0.25) is 0 Å². The molecular weight excluding hydrogens is 1150 g/mol. The Balaban J connectivity index is 1.95. The summed E-state index contributed by atoms with van der Waals surface area (Å²) in [7, 11) is 0. The number of esters is 1. The summed E-state index contributed by atoms with van der Waals surface area (Å²) >= 11 is 0. The maximum absolute atomic E-state index is 13.1. The molecule has 1 fully saturated rings. The fourth-order valence-electron chi connectivity index (χ4n) is 12.1. The van der Waals surface area contributed by atoms with E-state index in [9.17, 15) is 35.1 Å². The highest BCUT2D eigenvalue weighted by Crippen LogP contribution is 2.23. The van der Waals surface area contributed by atoms with Gasteiger partial charge in [0.25, 0.3) is 0 Å². The van der Waals surface area contributed by atoms with Crippen molar-refractivity contribution in [3.05, 3.63) is 72.9 Å². The largest absolute Gasteiger partial charge is 0.466 e. The normalized spacial score (nSPS) is 17.9. The van der Waals surface area contributed by atoms with Gasteiger partial charge >= 0.3 is 5.97 Å². The van der Waals surface area contributed by atoms with Crippen molar-refractivity contribution in [2.75, 3.05) is 19.8 Å². The number of allylic oxidation sites excluding steroid dienone is 11. The molecule has 1 amide bonds. The van der Waals surface area contributed by atoms with Crippen molar-refractivity contribution in [3.63, 3.8) is 0 Å². The van der Waals surface area contributed by atoms with Crippen LogP contribution < -0.4 is 5.32 Å². The first kappa shape index (κ1) is 87.1. The van der Waals surface area contributed by atoms with Gasteiger partial charge in [0.1, 0.15) is 24.4 Å². The van der Waals surface area contributed by atoms with E-state index in [2.05, 4.69) is 79.9 Å². The third-order valence-corrected chi connectivity index (χ3v) is 18.2. The lowest BCUT2D eigenvalue weighted by Gasteiger charge is -2.40. The van der Waals surface area contributed by atoms with Crippen LogP contribution in [0.15, 0.2) is 72.9 Å².